The number of aryl methyl sites for hydroxylation is 2. The summed E-state index contributed by atoms with van der Waals surface area (Å²) in [6, 6.07) is 10.6. The minimum Gasteiger partial charge on any atom is -0.341 e. The van der Waals surface area contributed by atoms with E-state index in [-0.39, 0.29) is 5.30 Å². The van der Waals surface area contributed by atoms with E-state index in [9.17, 15) is 13.8 Å². The van der Waals surface area contributed by atoms with Crippen LogP contribution in [0.3, 0.4) is 0 Å². The molecular weight excluding hydrogens is 404 g/mol. The summed E-state index contributed by atoms with van der Waals surface area (Å²) >= 11 is 0. The summed E-state index contributed by atoms with van der Waals surface area (Å²) in [5.41, 5.74) is 5.72. The van der Waals surface area contributed by atoms with Gasteiger partial charge in [-0.25, -0.2) is 19.0 Å². The Morgan fingerprint density at radius 1 is 1.17 bits per heavy atom. The highest BCUT2D eigenvalue weighted by Crippen LogP contribution is 2.35. The molecule has 0 saturated heterocycles. The molecule has 1 N–H and O–H groups in total. The number of rotatable bonds is 4. The van der Waals surface area contributed by atoms with Gasteiger partial charge in [0.2, 0.25) is 13.0 Å². The van der Waals surface area contributed by atoms with Crippen molar-refractivity contribution in [1.29, 1.82) is 0 Å². The number of hydrogen-bond acceptors (Lipinski definition) is 5. The fourth-order valence-corrected chi connectivity index (χ4v) is 4.71. The van der Waals surface area contributed by atoms with Gasteiger partial charge in [-0.2, -0.15) is 0 Å². The van der Waals surface area contributed by atoms with Gasteiger partial charge in [-0.05, 0) is 48.1 Å². The van der Waals surface area contributed by atoms with Crippen molar-refractivity contribution in [2.24, 2.45) is 0 Å². The van der Waals surface area contributed by atoms with Crippen LogP contribution in [0.25, 0.3) is 22.6 Å². The fraction of sp³-hybridized carbons (Fsp3) is 0.238. The van der Waals surface area contributed by atoms with E-state index >= 15 is 0 Å². The third kappa shape index (κ3) is 3.42. The third-order valence-electron chi connectivity index (χ3n) is 5.41. The van der Waals surface area contributed by atoms with Crippen LogP contribution in [0.5, 0.6) is 0 Å². The highest BCUT2D eigenvalue weighted by atomic mass is 31.2. The molecule has 152 valence electrons. The lowest BCUT2D eigenvalue weighted by Crippen LogP contribution is -2.09. The lowest BCUT2D eigenvalue weighted by molar-refractivity contribution is 0.494. The molecule has 1 unspecified atom stereocenters. The van der Waals surface area contributed by atoms with E-state index in [4.69, 9.17) is 0 Å². The molecule has 0 saturated carbocycles. The summed E-state index contributed by atoms with van der Waals surface area (Å²) in [6.07, 6.45) is 4.93. The average Bonchev–Trinajstić information content (AvgIpc) is 3.33. The number of benzene rings is 2. The molecule has 2 aromatic carbocycles. The molecule has 7 nitrogen and oxygen atoms in total. The van der Waals surface area contributed by atoms with Crippen molar-refractivity contribution < 1.29 is 13.8 Å². The van der Waals surface area contributed by atoms with Crippen LogP contribution in [0.4, 0.5) is 4.39 Å². The quantitative estimate of drug-likeness (QED) is 0.507. The molecule has 9 heteroatoms. The maximum absolute atomic E-state index is 14.4. The normalized spacial score (nSPS) is 15.3. The molecule has 0 bridgehead atoms. The first-order valence-electron chi connectivity index (χ1n) is 9.66. The Bertz CT molecular complexity index is 1330. The lowest BCUT2D eigenvalue weighted by atomic mass is 10.1. The molecule has 1 aliphatic carbocycles. The van der Waals surface area contributed by atoms with E-state index in [0.717, 1.165) is 25.1 Å². The number of fused-ring (bicyclic) bond motifs is 2. The molecule has 0 aliphatic heterocycles. The van der Waals surface area contributed by atoms with Crippen LogP contribution < -0.4 is 5.30 Å². The lowest BCUT2D eigenvalue weighted by Gasteiger charge is -2.09. The van der Waals surface area contributed by atoms with Gasteiger partial charge >= 0.3 is 0 Å². The smallest absolute Gasteiger partial charge is 0.229 e. The van der Waals surface area contributed by atoms with E-state index in [1.807, 2.05) is 0 Å². The van der Waals surface area contributed by atoms with Crippen molar-refractivity contribution in [3.05, 3.63) is 65.1 Å². The molecule has 5 rings (SSSR count). The van der Waals surface area contributed by atoms with Crippen molar-refractivity contribution in [3.8, 4) is 11.3 Å². The zero-order chi connectivity index (χ0) is 20.9. The second-order valence-corrected chi connectivity index (χ2v) is 9.89. The Kier molecular flexibility index (Phi) is 4.49. The van der Waals surface area contributed by atoms with Crippen molar-refractivity contribution >= 4 is 24.0 Å². The Morgan fingerprint density at radius 2 is 2.00 bits per heavy atom. The molecule has 30 heavy (non-hydrogen) atoms. The first-order chi connectivity index (χ1) is 14.4. The summed E-state index contributed by atoms with van der Waals surface area (Å²) in [5.74, 6) is -0.743. The Labute approximate surface area is 172 Å². The van der Waals surface area contributed by atoms with Crippen LogP contribution in [0.15, 0.2) is 42.6 Å². The van der Waals surface area contributed by atoms with E-state index in [1.54, 1.807) is 10.7 Å². The van der Waals surface area contributed by atoms with Gasteiger partial charge in [-0.1, -0.05) is 29.5 Å². The minimum absolute atomic E-state index is 0.205. The Morgan fingerprint density at radius 3 is 2.80 bits per heavy atom. The van der Waals surface area contributed by atoms with Gasteiger partial charge in [0.05, 0.1) is 23.7 Å². The molecule has 1 aliphatic rings. The predicted molar refractivity (Wildman–Crippen MR) is 111 cm³/mol. The molecule has 0 radical (unpaired) electrons. The standard InChI is InChI=1S/C21H19FN5O2P/c1-30(28,29)19-8-7-16(10-17(19)22)18-11-23-20-21(24-18)27(26-25-20)12-13-5-6-14-3-2-4-15(14)9-13/h5-11H,2-4,12H2,1H3,(H,28,29). The summed E-state index contributed by atoms with van der Waals surface area (Å²) in [5, 5.41) is 8.06. The molecular formula is C21H19FN5O2P. The van der Waals surface area contributed by atoms with Crippen LogP contribution in [0.1, 0.15) is 23.1 Å². The minimum atomic E-state index is -3.68. The van der Waals surface area contributed by atoms with Crippen molar-refractivity contribution in [3.63, 3.8) is 0 Å². The second-order valence-electron chi connectivity index (χ2n) is 7.65. The maximum atomic E-state index is 14.4. The van der Waals surface area contributed by atoms with Gasteiger partial charge in [0.25, 0.3) is 0 Å². The number of halogens is 1. The summed E-state index contributed by atoms with van der Waals surface area (Å²) < 4.78 is 27.8. The first kappa shape index (κ1) is 19.0. The zero-order valence-corrected chi connectivity index (χ0v) is 17.2. The second kappa shape index (κ2) is 7.07. The zero-order valence-electron chi connectivity index (χ0n) is 16.3. The summed E-state index contributed by atoms with van der Waals surface area (Å²) in [4.78, 5) is 18.5. The molecule has 0 fully saturated rings. The van der Waals surface area contributed by atoms with Gasteiger partial charge in [-0.15, -0.1) is 5.10 Å². The van der Waals surface area contributed by atoms with Gasteiger partial charge in [-0.3, -0.25) is 4.57 Å². The van der Waals surface area contributed by atoms with Crippen molar-refractivity contribution in [2.75, 3.05) is 6.66 Å². The Balaban J connectivity index is 1.50. The third-order valence-corrected chi connectivity index (χ3v) is 6.67. The molecule has 1 atom stereocenters. The number of aromatic nitrogens is 5. The van der Waals surface area contributed by atoms with E-state index in [2.05, 4.69) is 38.5 Å². The van der Waals surface area contributed by atoms with Crippen LogP contribution in [-0.2, 0) is 24.0 Å². The van der Waals surface area contributed by atoms with Crippen LogP contribution in [0.2, 0.25) is 0 Å². The highest BCUT2D eigenvalue weighted by Gasteiger charge is 2.20. The number of hydrogen-bond donors (Lipinski definition) is 1. The SMILES string of the molecule is CP(=O)(O)c1ccc(-c2cnc3nnn(Cc4ccc5c(c4)CCC5)c3n2)cc1F. The topological polar surface area (TPSA) is 93.8 Å². The van der Waals surface area contributed by atoms with Gasteiger partial charge in [0.15, 0.2) is 5.65 Å². The van der Waals surface area contributed by atoms with Crippen LogP contribution >= 0.6 is 7.37 Å². The monoisotopic (exact) mass is 423 g/mol. The number of nitrogens with zero attached hydrogens (tertiary/aromatic N) is 5. The maximum Gasteiger partial charge on any atom is 0.229 e. The molecule has 2 heterocycles. The first-order valence-corrected chi connectivity index (χ1v) is 11.8. The molecule has 0 spiro atoms. The van der Waals surface area contributed by atoms with Crippen molar-refractivity contribution in [2.45, 2.75) is 25.8 Å². The molecule has 4 aromatic rings. The van der Waals surface area contributed by atoms with Gasteiger partial charge in [0, 0.05) is 12.2 Å². The van der Waals surface area contributed by atoms with Crippen molar-refractivity contribution in [1.82, 2.24) is 25.0 Å². The molecule has 2 aromatic heterocycles. The van der Waals surface area contributed by atoms with Gasteiger partial charge < -0.3 is 4.89 Å². The average molecular weight is 423 g/mol. The van der Waals surface area contributed by atoms with Crippen LogP contribution in [-0.4, -0.2) is 36.5 Å². The van der Waals surface area contributed by atoms with Gasteiger partial charge in [0.1, 0.15) is 5.82 Å². The van der Waals surface area contributed by atoms with E-state index < -0.39 is 13.2 Å². The summed E-state index contributed by atoms with van der Waals surface area (Å²) in [6.45, 7) is 1.62. The predicted octanol–water partition coefficient (Wildman–Crippen LogP) is 3.09. The van der Waals surface area contributed by atoms with E-state index in [1.165, 1.54) is 35.9 Å². The molecule has 0 amide bonds. The van der Waals surface area contributed by atoms with Crippen LogP contribution in [0, 0.1) is 5.82 Å². The highest BCUT2D eigenvalue weighted by molar-refractivity contribution is 7.65. The largest absolute Gasteiger partial charge is 0.341 e. The Hall–Kier alpha value is -2.96. The van der Waals surface area contributed by atoms with E-state index in [0.29, 0.717) is 29.1 Å². The fourth-order valence-electron chi connectivity index (χ4n) is 3.90. The summed E-state index contributed by atoms with van der Waals surface area (Å²) in [7, 11) is -3.68.